The number of carbonyl (C=O) groups excluding carboxylic acids is 1. The van der Waals surface area contributed by atoms with E-state index in [4.69, 9.17) is 10.8 Å². The minimum Gasteiger partial charge on any atom is -0.478 e. The van der Waals surface area contributed by atoms with Crippen molar-refractivity contribution in [2.24, 2.45) is 0 Å². The molecule has 0 aliphatic carbocycles. The van der Waals surface area contributed by atoms with Gasteiger partial charge in [0, 0.05) is 14.1 Å². The average Bonchev–Trinajstić information content (AvgIpc) is 2.32. The zero-order valence-electron chi connectivity index (χ0n) is 10.9. The molecule has 1 amide bonds. The van der Waals surface area contributed by atoms with E-state index in [2.05, 4.69) is 5.32 Å². The van der Waals surface area contributed by atoms with Crippen LogP contribution in [0.3, 0.4) is 0 Å². The molecule has 0 radical (unpaired) electrons. The van der Waals surface area contributed by atoms with Gasteiger partial charge < -0.3 is 21.1 Å². The van der Waals surface area contributed by atoms with E-state index in [0.717, 1.165) is 6.07 Å². The van der Waals surface area contributed by atoms with Gasteiger partial charge in [-0.25, -0.2) is 9.18 Å². The zero-order chi connectivity index (χ0) is 14.7. The summed E-state index contributed by atoms with van der Waals surface area (Å²) in [6.07, 6.45) is 0. The Morgan fingerprint density at radius 3 is 2.47 bits per heavy atom. The Morgan fingerprint density at radius 2 is 2.00 bits per heavy atom. The Morgan fingerprint density at radius 1 is 1.42 bits per heavy atom. The summed E-state index contributed by atoms with van der Waals surface area (Å²) in [6, 6.07) is 1.64. The van der Waals surface area contributed by atoms with Crippen molar-refractivity contribution in [3.05, 3.63) is 23.5 Å². The van der Waals surface area contributed by atoms with Crippen LogP contribution in [0.1, 0.15) is 17.3 Å². The van der Waals surface area contributed by atoms with Crippen LogP contribution in [-0.4, -0.2) is 42.0 Å². The number of rotatable bonds is 4. The van der Waals surface area contributed by atoms with Crippen LogP contribution >= 0.6 is 0 Å². The van der Waals surface area contributed by atoms with Crippen LogP contribution in [0.25, 0.3) is 0 Å². The Bertz CT molecular complexity index is 517. The molecule has 1 aromatic carbocycles. The van der Waals surface area contributed by atoms with E-state index in [1.54, 1.807) is 21.0 Å². The highest BCUT2D eigenvalue weighted by Gasteiger charge is 2.21. The lowest BCUT2D eigenvalue weighted by Crippen LogP contribution is -2.37. The Balaban J connectivity index is 3.12. The molecule has 0 fully saturated rings. The molecule has 0 spiro atoms. The lowest BCUT2D eigenvalue weighted by molar-refractivity contribution is -0.129. The Kier molecular flexibility index (Phi) is 4.31. The molecule has 0 aliphatic rings. The van der Waals surface area contributed by atoms with Crippen molar-refractivity contribution < 1.29 is 19.1 Å². The molecule has 1 atom stereocenters. The van der Waals surface area contributed by atoms with E-state index in [9.17, 15) is 14.0 Å². The molecule has 104 valence electrons. The largest absolute Gasteiger partial charge is 0.478 e. The van der Waals surface area contributed by atoms with Crippen LogP contribution < -0.4 is 11.1 Å². The number of aromatic carboxylic acids is 1. The summed E-state index contributed by atoms with van der Waals surface area (Å²) in [4.78, 5) is 24.2. The number of halogens is 1. The van der Waals surface area contributed by atoms with Gasteiger partial charge in [0.2, 0.25) is 5.91 Å². The molecule has 1 rings (SSSR count). The van der Waals surface area contributed by atoms with E-state index in [-0.39, 0.29) is 17.2 Å². The summed E-state index contributed by atoms with van der Waals surface area (Å²) in [5.74, 6) is -2.40. The molecule has 1 unspecified atom stereocenters. The zero-order valence-corrected chi connectivity index (χ0v) is 10.9. The number of nitrogens with two attached hydrogens (primary N) is 1. The first kappa shape index (κ1) is 14.7. The molecule has 1 aromatic rings. The smallest absolute Gasteiger partial charge is 0.340 e. The second kappa shape index (κ2) is 5.55. The van der Waals surface area contributed by atoms with E-state index in [1.165, 1.54) is 11.0 Å². The maximum absolute atomic E-state index is 13.3. The molecule has 4 N–H and O–H groups in total. The van der Waals surface area contributed by atoms with Gasteiger partial charge in [0.05, 0.1) is 11.4 Å². The number of anilines is 2. The highest BCUT2D eigenvalue weighted by Crippen LogP contribution is 2.25. The number of carboxylic acid groups (broad SMARTS) is 1. The van der Waals surface area contributed by atoms with Gasteiger partial charge >= 0.3 is 5.97 Å². The fourth-order valence-electron chi connectivity index (χ4n) is 1.63. The fourth-order valence-corrected chi connectivity index (χ4v) is 1.63. The molecule has 0 bridgehead atoms. The van der Waals surface area contributed by atoms with E-state index >= 15 is 0 Å². The van der Waals surface area contributed by atoms with Crippen molar-refractivity contribution in [2.75, 3.05) is 25.1 Å². The van der Waals surface area contributed by atoms with Gasteiger partial charge in [-0.05, 0) is 19.1 Å². The molecule has 6 nitrogen and oxygen atoms in total. The van der Waals surface area contributed by atoms with Crippen molar-refractivity contribution in [2.45, 2.75) is 13.0 Å². The first-order valence-electron chi connectivity index (χ1n) is 5.54. The van der Waals surface area contributed by atoms with Gasteiger partial charge in [-0.1, -0.05) is 0 Å². The highest BCUT2D eigenvalue weighted by molar-refractivity contribution is 6.00. The lowest BCUT2D eigenvalue weighted by atomic mass is 10.1. The third kappa shape index (κ3) is 3.12. The molecule has 7 heteroatoms. The second-order valence-corrected chi connectivity index (χ2v) is 4.29. The molecular weight excluding hydrogens is 253 g/mol. The molecule has 0 saturated carbocycles. The maximum Gasteiger partial charge on any atom is 0.340 e. The maximum atomic E-state index is 13.3. The third-order valence-electron chi connectivity index (χ3n) is 2.59. The Hall–Kier alpha value is -2.31. The predicted molar refractivity (Wildman–Crippen MR) is 69.6 cm³/mol. The van der Waals surface area contributed by atoms with E-state index in [0.29, 0.717) is 0 Å². The summed E-state index contributed by atoms with van der Waals surface area (Å²) in [6.45, 7) is 1.58. The number of carboxylic acids is 1. The number of amides is 1. The normalized spacial score (nSPS) is 11.8. The highest BCUT2D eigenvalue weighted by atomic mass is 19.1. The van der Waals surface area contributed by atoms with Gasteiger partial charge in [0.1, 0.15) is 17.4 Å². The number of hydrogen-bond donors (Lipinski definition) is 3. The minimum atomic E-state index is -1.36. The fraction of sp³-hybridized carbons (Fsp3) is 0.333. The van der Waals surface area contributed by atoms with Crippen LogP contribution in [0.15, 0.2) is 12.1 Å². The standard InChI is InChI=1S/C12H16FN3O3/c1-6(11(17)16(2)3)15-8-5-4-7(13)10(14)9(8)12(18)19/h4-6,15H,14H2,1-3H3,(H,18,19). The van der Waals surface area contributed by atoms with Crippen LogP contribution in [0.5, 0.6) is 0 Å². The molecule has 0 saturated heterocycles. The molecular formula is C12H16FN3O3. The topological polar surface area (TPSA) is 95.7 Å². The van der Waals surface area contributed by atoms with Gasteiger partial charge in [-0.15, -0.1) is 0 Å². The number of benzene rings is 1. The third-order valence-corrected chi connectivity index (χ3v) is 2.59. The second-order valence-electron chi connectivity index (χ2n) is 4.29. The molecule has 0 aromatic heterocycles. The van der Waals surface area contributed by atoms with Crippen molar-refractivity contribution in [3.63, 3.8) is 0 Å². The number of carbonyl (C=O) groups is 2. The Labute approximate surface area is 110 Å². The average molecular weight is 269 g/mol. The minimum absolute atomic E-state index is 0.106. The summed E-state index contributed by atoms with van der Waals surface area (Å²) in [5.41, 5.74) is 4.68. The first-order valence-corrected chi connectivity index (χ1v) is 5.54. The number of nitrogen functional groups attached to an aromatic ring is 1. The summed E-state index contributed by atoms with van der Waals surface area (Å²) < 4.78 is 13.3. The number of likely N-dealkylation sites (N-methyl/N-ethyl adjacent to an activating group) is 1. The quantitative estimate of drug-likeness (QED) is 0.708. The van der Waals surface area contributed by atoms with E-state index in [1.807, 2.05) is 0 Å². The van der Waals surface area contributed by atoms with E-state index < -0.39 is 23.5 Å². The van der Waals surface area contributed by atoms with Crippen LogP contribution in [0.2, 0.25) is 0 Å². The van der Waals surface area contributed by atoms with Crippen molar-refractivity contribution in [1.29, 1.82) is 0 Å². The van der Waals surface area contributed by atoms with Crippen molar-refractivity contribution in [3.8, 4) is 0 Å². The summed E-state index contributed by atoms with van der Waals surface area (Å²) in [7, 11) is 3.16. The molecule has 0 aliphatic heterocycles. The van der Waals surface area contributed by atoms with Crippen molar-refractivity contribution in [1.82, 2.24) is 4.90 Å². The SMILES string of the molecule is CC(Nc1ccc(F)c(N)c1C(=O)O)C(=O)N(C)C. The molecule has 0 heterocycles. The summed E-state index contributed by atoms with van der Waals surface area (Å²) in [5, 5.41) is 11.8. The van der Waals surface area contributed by atoms with Crippen molar-refractivity contribution >= 4 is 23.3 Å². The van der Waals surface area contributed by atoms with Gasteiger partial charge in [0.25, 0.3) is 0 Å². The molecule has 19 heavy (non-hydrogen) atoms. The summed E-state index contributed by atoms with van der Waals surface area (Å²) >= 11 is 0. The van der Waals surface area contributed by atoms with Gasteiger partial charge in [-0.2, -0.15) is 0 Å². The van der Waals surface area contributed by atoms with Gasteiger partial charge in [-0.3, -0.25) is 4.79 Å². The predicted octanol–water partition coefficient (Wildman–Crippen LogP) is 0.995. The van der Waals surface area contributed by atoms with Crippen LogP contribution in [0, 0.1) is 5.82 Å². The number of nitrogens with one attached hydrogen (secondary N) is 1. The van der Waals surface area contributed by atoms with Crippen LogP contribution in [-0.2, 0) is 4.79 Å². The van der Waals surface area contributed by atoms with Gasteiger partial charge in [0.15, 0.2) is 0 Å². The number of nitrogens with zero attached hydrogens (tertiary/aromatic N) is 1. The lowest BCUT2D eigenvalue weighted by Gasteiger charge is -2.20. The number of hydrogen-bond acceptors (Lipinski definition) is 4. The first-order chi connectivity index (χ1) is 8.75. The van der Waals surface area contributed by atoms with Crippen LogP contribution in [0.4, 0.5) is 15.8 Å². The monoisotopic (exact) mass is 269 g/mol.